The van der Waals surface area contributed by atoms with Crippen molar-refractivity contribution < 1.29 is 4.42 Å². The van der Waals surface area contributed by atoms with Crippen molar-refractivity contribution in [3.8, 4) is 10.8 Å². The quantitative estimate of drug-likeness (QED) is 0.782. The van der Waals surface area contributed by atoms with E-state index < -0.39 is 0 Å². The van der Waals surface area contributed by atoms with Gasteiger partial charge in [-0.05, 0) is 30.2 Å². The summed E-state index contributed by atoms with van der Waals surface area (Å²) in [6, 6.07) is 12.5. The molecule has 2 atom stereocenters. The zero-order chi connectivity index (χ0) is 15.1. The van der Waals surface area contributed by atoms with E-state index in [1.165, 1.54) is 4.70 Å². The summed E-state index contributed by atoms with van der Waals surface area (Å²) in [5, 5.41) is 0.943. The van der Waals surface area contributed by atoms with Gasteiger partial charge in [0.25, 0.3) is 0 Å². The number of likely N-dealkylation sites (tertiary alicyclic amines) is 1. The Morgan fingerprint density at radius 2 is 2.09 bits per heavy atom. The minimum atomic E-state index is 0. The second kappa shape index (κ2) is 6.61. The van der Waals surface area contributed by atoms with Crippen LogP contribution in [0.5, 0.6) is 0 Å². The molecule has 1 aliphatic heterocycles. The molecule has 4 rings (SSSR count). The maximum absolute atomic E-state index is 6.08. The Bertz CT molecular complexity index is 757. The largest absolute Gasteiger partial charge is 0.457 e. The molecular weight excluding hydrogens is 330 g/mol. The van der Waals surface area contributed by atoms with E-state index in [0.717, 1.165) is 41.7 Å². The average Bonchev–Trinajstić information content (AvgIpc) is 3.18. The summed E-state index contributed by atoms with van der Waals surface area (Å²) >= 11 is 1.67. The first-order valence-corrected chi connectivity index (χ1v) is 8.43. The van der Waals surface area contributed by atoms with Crippen molar-refractivity contribution in [2.45, 2.75) is 19.5 Å². The van der Waals surface area contributed by atoms with Gasteiger partial charge in [0.1, 0.15) is 5.76 Å². The van der Waals surface area contributed by atoms with Crippen molar-refractivity contribution in [2.24, 2.45) is 11.7 Å². The molecule has 2 N–H and O–H groups in total. The van der Waals surface area contributed by atoms with Crippen molar-refractivity contribution in [1.29, 1.82) is 0 Å². The zero-order valence-corrected chi connectivity index (χ0v) is 14.6. The third kappa shape index (κ3) is 3.28. The topological polar surface area (TPSA) is 55.3 Å². The van der Waals surface area contributed by atoms with Crippen molar-refractivity contribution >= 4 is 34.0 Å². The first kappa shape index (κ1) is 16.5. The third-order valence-corrected chi connectivity index (χ3v) is 5.34. The Morgan fingerprint density at radius 3 is 2.83 bits per heavy atom. The molecule has 1 saturated heterocycles. The maximum Gasteiger partial charge on any atom is 0.163 e. The molecule has 2 aromatic heterocycles. The van der Waals surface area contributed by atoms with Gasteiger partial charge in [-0.1, -0.05) is 19.1 Å². The first-order chi connectivity index (χ1) is 10.7. The summed E-state index contributed by atoms with van der Waals surface area (Å²) in [5.41, 5.74) is 7.11. The van der Waals surface area contributed by atoms with Crippen LogP contribution < -0.4 is 5.73 Å². The Morgan fingerprint density at radius 1 is 1.26 bits per heavy atom. The molecule has 0 radical (unpaired) electrons. The number of rotatable bonds is 3. The molecule has 122 valence electrons. The molecule has 0 bridgehead atoms. The molecule has 3 heterocycles. The minimum Gasteiger partial charge on any atom is -0.457 e. The van der Waals surface area contributed by atoms with Gasteiger partial charge >= 0.3 is 0 Å². The second-order valence-corrected chi connectivity index (χ2v) is 7.12. The average molecular weight is 350 g/mol. The van der Waals surface area contributed by atoms with Crippen LogP contribution in [0.2, 0.25) is 0 Å². The van der Waals surface area contributed by atoms with E-state index in [1.54, 1.807) is 11.3 Å². The molecule has 6 heteroatoms. The fourth-order valence-corrected chi connectivity index (χ4v) is 3.93. The van der Waals surface area contributed by atoms with Crippen LogP contribution in [0.4, 0.5) is 0 Å². The number of nitrogens with zero attached hydrogens (tertiary/aromatic N) is 2. The summed E-state index contributed by atoms with van der Waals surface area (Å²) in [5.74, 6) is 2.39. The lowest BCUT2D eigenvalue weighted by molar-refractivity contribution is 0.289. The van der Waals surface area contributed by atoms with Crippen molar-refractivity contribution in [3.63, 3.8) is 0 Å². The standard InChI is InChI=1S/C17H19N3OS.ClH/c1-11-8-20(10-13(11)18)9-12-6-7-15(21-12)17-19-14-4-2-3-5-16(14)22-17;/h2-7,11,13H,8-10,18H2,1H3;1H. The number of benzene rings is 1. The van der Waals surface area contributed by atoms with E-state index in [4.69, 9.17) is 10.2 Å². The lowest BCUT2D eigenvalue weighted by Gasteiger charge is -2.12. The van der Waals surface area contributed by atoms with Gasteiger partial charge in [0, 0.05) is 19.1 Å². The van der Waals surface area contributed by atoms with Gasteiger partial charge in [-0.2, -0.15) is 0 Å². The van der Waals surface area contributed by atoms with Gasteiger partial charge < -0.3 is 10.2 Å². The fourth-order valence-electron chi connectivity index (χ4n) is 3.00. The molecule has 4 nitrogen and oxygen atoms in total. The Labute approximate surface area is 145 Å². The monoisotopic (exact) mass is 349 g/mol. The Hall–Kier alpha value is -1.40. The number of fused-ring (bicyclic) bond motifs is 1. The number of furan rings is 1. The Kier molecular flexibility index (Phi) is 4.73. The number of hydrogen-bond acceptors (Lipinski definition) is 5. The van der Waals surface area contributed by atoms with Crippen LogP contribution in [0, 0.1) is 5.92 Å². The van der Waals surface area contributed by atoms with Crippen LogP contribution in [-0.2, 0) is 6.54 Å². The predicted molar refractivity (Wildman–Crippen MR) is 97.0 cm³/mol. The van der Waals surface area contributed by atoms with Gasteiger partial charge in [0.05, 0.1) is 16.8 Å². The van der Waals surface area contributed by atoms with E-state index in [1.807, 2.05) is 24.3 Å². The van der Waals surface area contributed by atoms with E-state index in [-0.39, 0.29) is 18.4 Å². The van der Waals surface area contributed by atoms with Crippen molar-refractivity contribution in [2.75, 3.05) is 13.1 Å². The van der Waals surface area contributed by atoms with Crippen molar-refractivity contribution in [1.82, 2.24) is 9.88 Å². The third-order valence-electron chi connectivity index (χ3n) is 4.29. The van der Waals surface area contributed by atoms with Gasteiger partial charge in [0.2, 0.25) is 0 Å². The van der Waals surface area contributed by atoms with Crippen LogP contribution in [0.3, 0.4) is 0 Å². The molecule has 3 aromatic rings. The van der Waals surface area contributed by atoms with Crippen LogP contribution in [0.1, 0.15) is 12.7 Å². The molecule has 2 unspecified atom stereocenters. The molecule has 1 aromatic carbocycles. The highest BCUT2D eigenvalue weighted by Crippen LogP contribution is 2.31. The molecule has 23 heavy (non-hydrogen) atoms. The van der Waals surface area contributed by atoms with E-state index in [0.29, 0.717) is 5.92 Å². The lowest BCUT2D eigenvalue weighted by atomic mass is 10.1. The highest BCUT2D eigenvalue weighted by Gasteiger charge is 2.27. The molecule has 1 fully saturated rings. The fraction of sp³-hybridized carbons (Fsp3) is 0.353. The van der Waals surface area contributed by atoms with Gasteiger partial charge in [0.15, 0.2) is 10.8 Å². The molecule has 0 amide bonds. The Balaban J connectivity index is 0.00000156. The molecule has 0 aliphatic carbocycles. The van der Waals surface area contributed by atoms with Gasteiger partial charge in [-0.25, -0.2) is 4.98 Å². The zero-order valence-electron chi connectivity index (χ0n) is 12.9. The van der Waals surface area contributed by atoms with E-state index in [2.05, 4.69) is 28.9 Å². The SMILES string of the molecule is CC1CN(Cc2ccc(-c3nc4ccccc4s3)o2)CC1N.Cl. The summed E-state index contributed by atoms with van der Waals surface area (Å²) in [6.45, 7) is 5.01. The molecule has 0 saturated carbocycles. The van der Waals surface area contributed by atoms with Crippen LogP contribution in [0.15, 0.2) is 40.8 Å². The highest BCUT2D eigenvalue weighted by molar-refractivity contribution is 7.21. The summed E-state index contributed by atoms with van der Waals surface area (Å²) < 4.78 is 7.19. The van der Waals surface area contributed by atoms with E-state index >= 15 is 0 Å². The number of thiazole rings is 1. The number of para-hydroxylation sites is 1. The van der Waals surface area contributed by atoms with Crippen LogP contribution in [0.25, 0.3) is 21.0 Å². The van der Waals surface area contributed by atoms with E-state index in [9.17, 15) is 0 Å². The smallest absolute Gasteiger partial charge is 0.163 e. The first-order valence-electron chi connectivity index (χ1n) is 7.61. The summed E-state index contributed by atoms with van der Waals surface area (Å²) in [6.07, 6.45) is 0. The number of hydrogen-bond donors (Lipinski definition) is 1. The van der Waals surface area contributed by atoms with Gasteiger partial charge in [-0.3, -0.25) is 4.90 Å². The lowest BCUT2D eigenvalue weighted by Crippen LogP contribution is -2.28. The summed E-state index contributed by atoms with van der Waals surface area (Å²) in [4.78, 5) is 7.00. The number of aromatic nitrogens is 1. The van der Waals surface area contributed by atoms with Crippen molar-refractivity contribution in [3.05, 3.63) is 42.2 Å². The predicted octanol–water partition coefficient (Wildman–Crippen LogP) is 3.76. The highest BCUT2D eigenvalue weighted by atomic mass is 35.5. The summed E-state index contributed by atoms with van der Waals surface area (Å²) in [7, 11) is 0. The number of halogens is 1. The normalized spacial score (nSPS) is 21.7. The molecular formula is C17H20ClN3OS. The second-order valence-electron chi connectivity index (χ2n) is 6.09. The van der Waals surface area contributed by atoms with Gasteiger partial charge in [-0.15, -0.1) is 23.7 Å². The van der Waals surface area contributed by atoms with Crippen LogP contribution in [-0.4, -0.2) is 29.0 Å². The maximum atomic E-state index is 6.08. The minimum absolute atomic E-state index is 0. The molecule has 0 spiro atoms. The molecule has 1 aliphatic rings. The van der Waals surface area contributed by atoms with Crippen LogP contribution >= 0.6 is 23.7 Å². The number of nitrogens with two attached hydrogens (primary N) is 1.